The second-order valence-electron chi connectivity index (χ2n) is 5.08. The highest BCUT2D eigenvalue weighted by Gasteiger charge is 2.31. The standard InChI is InChI=1S/C16H16F3NO/c1-10(2)11-4-3-5-12(8-11)13-6-7-15(14(20)9-13)21-16(17,18)19/h3-10H,20H2,1-2H3. The first-order valence-electron chi connectivity index (χ1n) is 6.52. The normalized spacial score (nSPS) is 11.7. The largest absolute Gasteiger partial charge is 0.573 e. The maximum absolute atomic E-state index is 12.2. The van der Waals surface area contributed by atoms with Gasteiger partial charge in [0.05, 0.1) is 5.69 Å². The van der Waals surface area contributed by atoms with Crippen molar-refractivity contribution in [1.29, 1.82) is 0 Å². The van der Waals surface area contributed by atoms with Gasteiger partial charge in [-0.25, -0.2) is 0 Å². The third kappa shape index (κ3) is 3.90. The molecule has 2 aromatic carbocycles. The van der Waals surface area contributed by atoms with E-state index in [0.717, 1.165) is 16.7 Å². The van der Waals surface area contributed by atoms with Crippen molar-refractivity contribution in [3.8, 4) is 16.9 Å². The van der Waals surface area contributed by atoms with E-state index in [0.29, 0.717) is 5.92 Å². The van der Waals surface area contributed by atoms with Gasteiger partial charge in [-0.1, -0.05) is 44.2 Å². The number of ether oxygens (including phenoxy) is 1. The average Bonchev–Trinajstić information content (AvgIpc) is 2.40. The highest BCUT2D eigenvalue weighted by molar-refractivity contribution is 5.71. The minimum absolute atomic E-state index is 0.0419. The van der Waals surface area contributed by atoms with E-state index in [9.17, 15) is 13.2 Å². The van der Waals surface area contributed by atoms with Gasteiger partial charge >= 0.3 is 6.36 Å². The van der Waals surface area contributed by atoms with Crippen molar-refractivity contribution >= 4 is 5.69 Å². The van der Waals surface area contributed by atoms with E-state index in [1.807, 2.05) is 24.3 Å². The molecular formula is C16H16F3NO. The molecule has 0 atom stereocenters. The Morgan fingerprint density at radius 3 is 2.24 bits per heavy atom. The first-order chi connectivity index (χ1) is 9.76. The molecule has 0 fully saturated rings. The van der Waals surface area contributed by atoms with E-state index in [1.165, 1.54) is 12.1 Å². The summed E-state index contributed by atoms with van der Waals surface area (Å²) in [5.74, 6) is -0.0126. The molecule has 2 rings (SSSR count). The van der Waals surface area contributed by atoms with Gasteiger partial charge in [0.1, 0.15) is 0 Å². The van der Waals surface area contributed by atoms with Crippen LogP contribution >= 0.6 is 0 Å². The SMILES string of the molecule is CC(C)c1cccc(-c2ccc(OC(F)(F)F)c(N)c2)c1. The Morgan fingerprint density at radius 2 is 1.67 bits per heavy atom. The fraction of sp³-hybridized carbons (Fsp3) is 0.250. The lowest BCUT2D eigenvalue weighted by molar-refractivity contribution is -0.274. The molecule has 2 nitrogen and oxygen atoms in total. The molecule has 2 N–H and O–H groups in total. The van der Waals surface area contributed by atoms with Gasteiger partial charge in [-0.15, -0.1) is 13.2 Å². The number of nitrogens with two attached hydrogens (primary N) is 1. The van der Waals surface area contributed by atoms with Crippen LogP contribution in [0.25, 0.3) is 11.1 Å². The molecule has 5 heteroatoms. The smallest absolute Gasteiger partial charge is 0.404 e. The van der Waals surface area contributed by atoms with Crippen LogP contribution in [0.4, 0.5) is 18.9 Å². The maximum Gasteiger partial charge on any atom is 0.573 e. The summed E-state index contributed by atoms with van der Waals surface area (Å²) in [7, 11) is 0. The van der Waals surface area contributed by atoms with Gasteiger partial charge in [0, 0.05) is 0 Å². The van der Waals surface area contributed by atoms with Gasteiger partial charge in [-0.3, -0.25) is 0 Å². The summed E-state index contributed by atoms with van der Waals surface area (Å²) in [6.07, 6.45) is -4.74. The molecule has 21 heavy (non-hydrogen) atoms. The second kappa shape index (κ2) is 5.68. The first kappa shape index (κ1) is 15.2. The Hall–Kier alpha value is -2.17. The number of benzene rings is 2. The Bertz CT molecular complexity index is 636. The Labute approximate surface area is 121 Å². The van der Waals surface area contributed by atoms with Gasteiger partial charge in [-0.2, -0.15) is 0 Å². The third-order valence-electron chi connectivity index (χ3n) is 3.12. The quantitative estimate of drug-likeness (QED) is 0.812. The van der Waals surface area contributed by atoms with Gasteiger partial charge in [0.15, 0.2) is 5.75 Å². The molecular weight excluding hydrogens is 279 g/mol. The predicted molar refractivity (Wildman–Crippen MR) is 77.1 cm³/mol. The van der Waals surface area contributed by atoms with E-state index in [-0.39, 0.29) is 11.4 Å². The number of hydrogen-bond acceptors (Lipinski definition) is 2. The van der Waals surface area contributed by atoms with Crippen LogP contribution in [0.3, 0.4) is 0 Å². The molecule has 0 saturated carbocycles. The molecule has 0 spiro atoms. The van der Waals surface area contributed by atoms with Crippen LogP contribution in [-0.2, 0) is 0 Å². The number of hydrogen-bond donors (Lipinski definition) is 1. The monoisotopic (exact) mass is 295 g/mol. The number of rotatable bonds is 3. The van der Waals surface area contributed by atoms with E-state index < -0.39 is 6.36 Å². The minimum Gasteiger partial charge on any atom is -0.404 e. The summed E-state index contributed by atoms with van der Waals surface area (Å²) >= 11 is 0. The van der Waals surface area contributed by atoms with E-state index >= 15 is 0 Å². The zero-order valence-corrected chi connectivity index (χ0v) is 11.7. The zero-order valence-electron chi connectivity index (χ0n) is 11.7. The topological polar surface area (TPSA) is 35.2 Å². The second-order valence-corrected chi connectivity index (χ2v) is 5.08. The predicted octanol–water partition coefficient (Wildman–Crippen LogP) is 4.96. The Morgan fingerprint density at radius 1 is 1.00 bits per heavy atom. The molecule has 0 radical (unpaired) electrons. The molecule has 0 aliphatic rings. The summed E-state index contributed by atoms with van der Waals surface area (Å²) in [5, 5.41) is 0. The van der Waals surface area contributed by atoms with Gasteiger partial charge in [0.2, 0.25) is 0 Å². The lowest BCUT2D eigenvalue weighted by Crippen LogP contribution is -2.17. The highest BCUT2D eigenvalue weighted by atomic mass is 19.4. The van der Waals surface area contributed by atoms with Crippen molar-refractivity contribution in [2.45, 2.75) is 26.1 Å². The van der Waals surface area contributed by atoms with E-state index in [4.69, 9.17) is 5.73 Å². The van der Waals surface area contributed by atoms with Crippen LogP contribution in [-0.4, -0.2) is 6.36 Å². The summed E-state index contributed by atoms with van der Waals surface area (Å²) in [6.45, 7) is 4.15. The summed E-state index contributed by atoms with van der Waals surface area (Å²) in [6, 6.07) is 12.1. The van der Waals surface area contributed by atoms with E-state index in [2.05, 4.69) is 18.6 Å². The van der Waals surface area contributed by atoms with Crippen molar-refractivity contribution < 1.29 is 17.9 Å². The van der Waals surface area contributed by atoms with Gasteiger partial charge in [-0.05, 0) is 34.7 Å². The molecule has 0 heterocycles. The van der Waals surface area contributed by atoms with Crippen LogP contribution < -0.4 is 10.5 Å². The fourth-order valence-electron chi connectivity index (χ4n) is 2.02. The number of nitrogen functional groups attached to an aromatic ring is 1. The highest BCUT2D eigenvalue weighted by Crippen LogP contribution is 2.33. The van der Waals surface area contributed by atoms with Gasteiger partial charge < -0.3 is 10.5 Å². The molecule has 2 aromatic rings. The molecule has 0 aliphatic heterocycles. The summed E-state index contributed by atoms with van der Waals surface area (Å²) in [4.78, 5) is 0. The van der Waals surface area contributed by atoms with Crippen LogP contribution in [0, 0.1) is 0 Å². The fourth-order valence-corrected chi connectivity index (χ4v) is 2.02. The molecule has 0 bridgehead atoms. The number of halogens is 3. The summed E-state index contributed by atoms with van der Waals surface area (Å²) < 4.78 is 40.5. The average molecular weight is 295 g/mol. The molecule has 112 valence electrons. The van der Waals surface area contributed by atoms with Crippen LogP contribution in [0.1, 0.15) is 25.3 Å². The molecule has 0 aromatic heterocycles. The van der Waals surface area contributed by atoms with Crippen LogP contribution in [0.2, 0.25) is 0 Å². The third-order valence-corrected chi connectivity index (χ3v) is 3.12. The van der Waals surface area contributed by atoms with Crippen molar-refractivity contribution in [2.75, 3.05) is 5.73 Å². The molecule has 0 unspecified atom stereocenters. The first-order valence-corrected chi connectivity index (χ1v) is 6.52. The number of alkyl halides is 3. The summed E-state index contributed by atoms with van der Waals surface area (Å²) in [5.41, 5.74) is 8.41. The van der Waals surface area contributed by atoms with Crippen molar-refractivity contribution in [3.63, 3.8) is 0 Å². The minimum atomic E-state index is -4.74. The molecule has 0 aliphatic carbocycles. The maximum atomic E-state index is 12.2. The Balaban J connectivity index is 2.34. The van der Waals surface area contributed by atoms with Crippen LogP contribution in [0.15, 0.2) is 42.5 Å². The van der Waals surface area contributed by atoms with Crippen molar-refractivity contribution in [1.82, 2.24) is 0 Å². The van der Waals surface area contributed by atoms with E-state index in [1.54, 1.807) is 6.07 Å². The van der Waals surface area contributed by atoms with Gasteiger partial charge in [0.25, 0.3) is 0 Å². The number of anilines is 1. The lowest BCUT2D eigenvalue weighted by atomic mass is 9.97. The van der Waals surface area contributed by atoms with Crippen molar-refractivity contribution in [2.24, 2.45) is 0 Å². The lowest BCUT2D eigenvalue weighted by Gasteiger charge is -2.13. The Kier molecular flexibility index (Phi) is 4.11. The van der Waals surface area contributed by atoms with Crippen molar-refractivity contribution in [3.05, 3.63) is 48.0 Å². The zero-order chi connectivity index (χ0) is 15.6. The molecule has 0 amide bonds. The van der Waals surface area contributed by atoms with Crippen LogP contribution in [0.5, 0.6) is 5.75 Å². The molecule has 0 saturated heterocycles.